The van der Waals surface area contributed by atoms with Crippen LogP contribution in [0.3, 0.4) is 0 Å². The molecule has 0 saturated carbocycles. The highest BCUT2D eigenvalue weighted by Gasteiger charge is 2.37. The lowest BCUT2D eigenvalue weighted by Crippen LogP contribution is -2.04. The molecule has 0 bridgehead atoms. The van der Waals surface area contributed by atoms with Gasteiger partial charge in [0.15, 0.2) is 0 Å². The van der Waals surface area contributed by atoms with Crippen LogP contribution in [0.15, 0.2) is 17.7 Å². The topological polar surface area (TPSA) is 156 Å². The first-order valence-electron chi connectivity index (χ1n) is 10.5. The average Bonchev–Trinajstić information content (AvgIpc) is 3.70. The van der Waals surface area contributed by atoms with E-state index in [1.807, 2.05) is 20.8 Å². The van der Waals surface area contributed by atoms with Gasteiger partial charge in [-0.3, -0.25) is 0 Å². The van der Waals surface area contributed by atoms with E-state index in [2.05, 4.69) is 45.2 Å². The maximum atomic E-state index is 11.7. The van der Waals surface area contributed by atoms with Gasteiger partial charge in [-0.15, -0.1) is 87.2 Å². The van der Waals surface area contributed by atoms with E-state index < -0.39 is 12.1 Å². The fourth-order valence-electron chi connectivity index (χ4n) is 1.85. The molecular formula is C19H23Cl4F3N8O4. The smallest absolute Gasteiger partial charge is 0.424 e. The third kappa shape index (κ3) is 12.4. The second-order valence-corrected chi connectivity index (χ2v) is 7.95. The maximum Gasteiger partial charge on any atom is 0.470 e. The van der Waals surface area contributed by atoms with Gasteiger partial charge in [0.1, 0.15) is 23.5 Å². The van der Waals surface area contributed by atoms with Crippen LogP contribution in [0.4, 0.5) is 13.2 Å². The summed E-state index contributed by atoms with van der Waals surface area (Å²) in [6.45, 7) is 7.66. The molecule has 0 N–H and O–H groups in total. The van der Waals surface area contributed by atoms with Crippen molar-refractivity contribution in [1.82, 2.24) is 40.8 Å². The molecule has 38 heavy (non-hydrogen) atoms. The van der Waals surface area contributed by atoms with Gasteiger partial charge in [-0.25, -0.2) is 0 Å². The molecule has 4 rings (SSSR count). The summed E-state index contributed by atoms with van der Waals surface area (Å²) in [6, 6.07) is 0. The van der Waals surface area contributed by atoms with Crippen LogP contribution in [0.1, 0.15) is 73.8 Å². The second kappa shape index (κ2) is 17.2. The predicted octanol–water partition coefficient (Wildman–Crippen LogP) is 6.25. The highest BCUT2D eigenvalue weighted by atomic mass is 35.5. The summed E-state index contributed by atoms with van der Waals surface area (Å²) in [4.78, 5) is 0. The first-order chi connectivity index (χ1) is 18.0. The van der Waals surface area contributed by atoms with Gasteiger partial charge in [0, 0.05) is 19.3 Å². The van der Waals surface area contributed by atoms with E-state index in [0.29, 0.717) is 53.0 Å². The molecule has 4 aromatic heterocycles. The first-order valence-corrected chi connectivity index (χ1v) is 12.7. The molecule has 19 heteroatoms. The molecule has 212 valence electrons. The molecule has 0 aromatic carbocycles. The third-order valence-corrected chi connectivity index (χ3v) is 4.44. The number of halogens is 7. The lowest BCUT2D eigenvalue weighted by molar-refractivity contribution is -0.157. The van der Waals surface area contributed by atoms with Crippen LogP contribution < -0.4 is 0 Å². The standard InChI is InChI=1S/C6H9ClN2O.C5H7ClN2O.C4H2ClF3N2O.C4H5ClN2O/c1-4(2)6-9-8-5(3-7)10-6;1-2-4-7-8-5(3-6)9-4;5-1-2-9-10-3(11-2)4(6,7)8;1-3-6-7-4(2-5)8-3/h4H,3H2,1-2H3;2-3H2,1H3;1H2;2H2,1H3. The van der Waals surface area contributed by atoms with Crippen molar-refractivity contribution in [2.45, 2.75) is 69.7 Å². The van der Waals surface area contributed by atoms with Crippen LogP contribution in [0.25, 0.3) is 0 Å². The number of alkyl halides is 7. The zero-order valence-corrected chi connectivity index (χ0v) is 23.5. The van der Waals surface area contributed by atoms with E-state index in [9.17, 15) is 13.2 Å². The van der Waals surface area contributed by atoms with Gasteiger partial charge in [-0.2, -0.15) is 13.2 Å². The van der Waals surface area contributed by atoms with E-state index in [0.717, 1.165) is 6.42 Å². The second-order valence-electron chi connectivity index (χ2n) is 6.88. The highest BCUT2D eigenvalue weighted by molar-refractivity contribution is 6.17. The summed E-state index contributed by atoms with van der Waals surface area (Å²) in [6.07, 6.45) is -3.82. The van der Waals surface area contributed by atoms with Crippen molar-refractivity contribution in [2.24, 2.45) is 0 Å². The van der Waals surface area contributed by atoms with Crippen LogP contribution in [-0.4, -0.2) is 40.8 Å². The fourth-order valence-corrected chi connectivity index (χ4v) is 2.28. The molecule has 0 atom stereocenters. The van der Waals surface area contributed by atoms with Crippen LogP contribution in [-0.2, 0) is 36.1 Å². The van der Waals surface area contributed by atoms with Crippen LogP contribution >= 0.6 is 46.4 Å². The third-order valence-electron chi connectivity index (χ3n) is 3.52. The van der Waals surface area contributed by atoms with Gasteiger partial charge in [0.2, 0.25) is 41.2 Å². The number of aryl methyl sites for hydroxylation is 2. The van der Waals surface area contributed by atoms with Crippen LogP contribution in [0.5, 0.6) is 0 Å². The van der Waals surface area contributed by atoms with Crippen LogP contribution in [0, 0.1) is 6.92 Å². The van der Waals surface area contributed by atoms with E-state index in [1.165, 1.54) is 0 Å². The average molecular weight is 626 g/mol. The maximum absolute atomic E-state index is 11.7. The summed E-state index contributed by atoms with van der Waals surface area (Å²) < 4.78 is 54.3. The SMILES string of the molecule is CC(C)c1nnc(CCl)o1.CCc1nnc(CCl)o1.Cc1nnc(CCl)o1.FC(F)(F)c1nnc(CCl)o1. The zero-order chi connectivity index (χ0) is 28.7. The molecule has 12 nitrogen and oxygen atoms in total. The molecule has 0 fully saturated rings. The minimum absolute atomic E-state index is 0.219. The van der Waals surface area contributed by atoms with E-state index >= 15 is 0 Å². The Morgan fingerprint density at radius 3 is 1.37 bits per heavy atom. The van der Waals surface area contributed by atoms with Crippen LogP contribution in [0.2, 0.25) is 0 Å². The lowest BCUT2D eigenvalue weighted by atomic mass is 10.2. The number of nitrogens with zero attached hydrogens (tertiary/aromatic N) is 8. The Labute approximate surface area is 234 Å². The van der Waals surface area contributed by atoms with Gasteiger partial charge in [0.05, 0.1) is 0 Å². The van der Waals surface area contributed by atoms with Gasteiger partial charge in [-0.05, 0) is 0 Å². The molecule has 0 unspecified atom stereocenters. The minimum Gasteiger partial charge on any atom is -0.424 e. The Hall–Kier alpha value is -2.49. The molecule has 4 aromatic rings. The highest BCUT2D eigenvalue weighted by Crippen LogP contribution is 2.27. The minimum atomic E-state index is -4.59. The summed E-state index contributed by atoms with van der Waals surface area (Å²) in [5, 5.41) is 27.8. The van der Waals surface area contributed by atoms with Crippen molar-refractivity contribution < 1.29 is 30.8 Å². The quantitative estimate of drug-likeness (QED) is 0.222. The monoisotopic (exact) mass is 624 g/mol. The summed E-state index contributed by atoms with van der Waals surface area (Å²) in [7, 11) is 0. The number of hydrogen-bond acceptors (Lipinski definition) is 12. The molecular weight excluding hydrogens is 603 g/mol. The van der Waals surface area contributed by atoms with E-state index in [1.54, 1.807) is 6.92 Å². The molecule has 0 aliphatic rings. The lowest BCUT2D eigenvalue weighted by Gasteiger charge is -1.96. The molecule has 0 radical (unpaired) electrons. The Bertz CT molecular complexity index is 1160. The van der Waals surface area contributed by atoms with Gasteiger partial charge < -0.3 is 17.7 Å². The van der Waals surface area contributed by atoms with Crippen molar-refractivity contribution in [3.63, 3.8) is 0 Å². The first kappa shape index (κ1) is 33.5. The number of aromatic nitrogens is 8. The van der Waals surface area contributed by atoms with Crippen molar-refractivity contribution in [1.29, 1.82) is 0 Å². The van der Waals surface area contributed by atoms with Crippen molar-refractivity contribution in [3.8, 4) is 0 Å². The van der Waals surface area contributed by atoms with Crippen molar-refractivity contribution >= 4 is 46.4 Å². The van der Waals surface area contributed by atoms with E-state index in [-0.39, 0.29) is 17.7 Å². The number of hydrogen-bond donors (Lipinski definition) is 0. The van der Waals surface area contributed by atoms with Gasteiger partial charge in [0.25, 0.3) is 0 Å². The Morgan fingerprint density at radius 2 is 1.08 bits per heavy atom. The Balaban J connectivity index is 0.000000255. The molecule has 0 aliphatic carbocycles. The van der Waals surface area contributed by atoms with Gasteiger partial charge >= 0.3 is 12.1 Å². The molecule has 0 saturated heterocycles. The Morgan fingerprint density at radius 1 is 0.632 bits per heavy atom. The summed E-state index contributed by atoms with van der Waals surface area (Å²) >= 11 is 21.3. The van der Waals surface area contributed by atoms with E-state index in [4.69, 9.17) is 59.7 Å². The molecule has 0 amide bonds. The predicted molar refractivity (Wildman–Crippen MR) is 129 cm³/mol. The summed E-state index contributed by atoms with van der Waals surface area (Å²) in [5.74, 6) is 2.65. The zero-order valence-electron chi connectivity index (χ0n) is 20.5. The summed E-state index contributed by atoms with van der Waals surface area (Å²) in [5.41, 5.74) is 0. The van der Waals surface area contributed by atoms with Crippen molar-refractivity contribution in [3.05, 3.63) is 47.1 Å². The Kier molecular flexibility index (Phi) is 15.2. The van der Waals surface area contributed by atoms with Crippen molar-refractivity contribution in [2.75, 3.05) is 0 Å². The molecule has 4 heterocycles. The number of rotatable bonds is 6. The fraction of sp³-hybridized carbons (Fsp3) is 0.579. The molecule has 0 spiro atoms. The normalized spacial score (nSPS) is 10.7. The van der Waals surface area contributed by atoms with Gasteiger partial charge in [-0.1, -0.05) is 20.8 Å². The largest absolute Gasteiger partial charge is 0.470 e. The molecule has 0 aliphatic heterocycles.